The fourth-order valence-electron chi connectivity index (χ4n) is 1.17. The van der Waals surface area contributed by atoms with Crippen LogP contribution in [0, 0.1) is 6.92 Å². The zero-order valence-electron chi connectivity index (χ0n) is 7.70. The highest BCUT2D eigenvalue weighted by Gasteiger charge is 1.98. The van der Waals surface area contributed by atoms with Crippen molar-refractivity contribution in [2.45, 2.75) is 39.3 Å². The van der Waals surface area contributed by atoms with Crippen molar-refractivity contribution in [3.8, 4) is 0 Å². The Labute approximate surface area is 73.0 Å². The maximum Gasteiger partial charge on any atom is 0.0512 e. The van der Waals surface area contributed by atoms with Crippen molar-refractivity contribution in [3.05, 3.63) is 18.0 Å². The quantitative estimate of drug-likeness (QED) is 0.737. The van der Waals surface area contributed by atoms with E-state index in [9.17, 15) is 0 Å². The molecule has 0 aromatic carbocycles. The van der Waals surface area contributed by atoms with E-state index in [2.05, 4.69) is 5.10 Å². The Bertz CT molecular complexity index is 230. The van der Waals surface area contributed by atoms with E-state index in [1.807, 2.05) is 24.6 Å². The normalized spacial score (nSPS) is 13.2. The Hall–Kier alpha value is -0.830. The smallest absolute Gasteiger partial charge is 0.0512 e. The van der Waals surface area contributed by atoms with Crippen LogP contribution in [-0.4, -0.2) is 21.0 Å². The highest BCUT2D eigenvalue weighted by Crippen LogP contribution is 2.01. The largest absolute Gasteiger partial charge is 0.393 e. The maximum atomic E-state index is 9.02. The second-order valence-corrected chi connectivity index (χ2v) is 3.19. The van der Waals surface area contributed by atoms with E-state index in [0.29, 0.717) is 0 Å². The second-order valence-electron chi connectivity index (χ2n) is 3.19. The molecule has 1 aromatic rings. The second kappa shape index (κ2) is 4.26. The third kappa shape index (κ3) is 2.66. The zero-order chi connectivity index (χ0) is 8.97. The van der Waals surface area contributed by atoms with Crippen molar-refractivity contribution in [3.63, 3.8) is 0 Å². The Morgan fingerprint density at radius 2 is 2.42 bits per heavy atom. The first-order valence-electron chi connectivity index (χ1n) is 4.36. The number of aryl methyl sites for hydroxylation is 2. The molecule has 12 heavy (non-hydrogen) atoms. The lowest BCUT2D eigenvalue weighted by Gasteiger charge is -2.05. The lowest BCUT2D eigenvalue weighted by Crippen LogP contribution is -2.06. The van der Waals surface area contributed by atoms with Crippen LogP contribution in [-0.2, 0) is 6.54 Å². The van der Waals surface area contributed by atoms with Gasteiger partial charge in [0, 0.05) is 18.4 Å². The first kappa shape index (κ1) is 9.26. The lowest BCUT2D eigenvalue weighted by molar-refractivity contribution is 0.179. The number of aliphatic hydroxyl groups excluding tert-OH is 1. The van der Waals surface area contributed by atoms with E-state index in [4.69, 9.17) is 5.11 Å². The van der Waals surface area contributed by atoms with Crippen LogP contribution in [0.4, 0.5) is 0 Å². The molecule has 0 aliphatic carbocycles. The van der Waals surface area contributed by atoms with Gasteiger partial charge in [-0.2, -0.15) is 5.10 Å². The van der Waals surface area contributed by atoms with E-state index < -0.39 is 0 Å². The summed E-state index contributed by atoms with van der Waals surface area (Å²) in [6.07, 6.45) is 3.44. The summed E-state index contributed by atoms with van der Waals surface area (Å²) in [5.41, 5.74) is 1.18. The molecular formula is C9H16N2O. The van der Waals surface area contributed by atoms with E-state index in [1.54, 1.807) is 6.20 Å². The van der Waals surface area contributed by atoms with Crippen LogP contribution in [0.1, 0.15) is 25.5 Å². The Balaban J connectivity index is 2.29. The summed E-state index contributed by atoms with van der Waals surface area (Å²) in [4.78, 5) is 0. The number of rotatable bonds is 4. The zero-order valence-corrected chi connectivity index (χ0v) is 7.70. The molecule has 1 N–H and O–H groups in total. The van der Waals surface area contributed by atoms with Gasteiger partial charge in [0.2, 0.25) is 0 Å². The molecule has 0 aliphatic rings. The highest BCUT2D eigenvalue weighted by molar-refractivity contribution is 4.96. The lowest BCUT2D eigenvalue weighted by atomic mass is 10.2. The monoisotopic (exact) mass is 168 g/mol. The highest BCUT2D eigenvalue weighted by atomic mass is 16.3. The molecule has 0 spiro atoms. The number of aliphatic hydroxyl groups is 1. The molecule has 3 heteroatoms. The van der Waals surface area contributed by atoms with E-state index in [1.165, 1.54) is 5.69 Å². The van der Waals surface area contributed by atoms with Gasteiger partial charge in [-0.1, -0.05) is 0 Å². The summed E-state index contributed by atoms with van der Waals surface area (Å²) in [5.74, 6) is 0. The molecular weight excluding hydrogens is 152 g/mol. The molecule has 68 valence electrons. The van der Waals surface area contributed by atoms with Crippen LogP contribution in [0.15, 0.2) is 12.3 Å². The topological polar surface area (TPSA) is 38.0 Å². The first-order chi connectivity index (χ1) is 5.70. The summed E-state index contributed by atoms with van der Waals surface area (Å²) in [7, 11) is 0. The Morgan fingerprint density at radius 1 is 1.67 bits per heavy atom. The first-order valence-corrected chi connectivity index (χ1v) is 4.36. The third-order valence-corrected chi connectivity index (χ3v) is 1.92. The van der Waals surface area contributed by atoms with Crippen LogP contribution in [0.25, 0.3) is 0 Å². The predicted molar refractivity (Wildman–Crippen MR) is 47.9 cm³/mol. The standard InChI is InChI=1S/C9H16N2O/c1-8-5-6-10-11(8)7-3-4-9(2)12/h5-6,9,12H,3-4,7H2,1-2H3. The van der Waals surface area contributed by atoms with Crippen molar-refractivity contribution < 1.29 is 5.11 Å². The summed E-state index contributed by atoms with van der Waals surface area (Å²) < 4.78 is 1.96. The van der Waals surface area contributed by atoms with E-state index in [0.717, 1.165) is 19.4 Å². The minimum Gasteiger partial charge on any atom is -0.393 e. The van der Waals surface area contributed by atoms with Gasteiger partial charge in [-0.3, -0.25) is 4.68 Å². The van der Waals surface area contributed by atoms with Gasteiger partial charge in [-0.05, 0) is 32.8 Å². The van der Waals surface area contributed by atoms with Gasteiger partial charge in [0.25, 0.3) is 0 Å². The summed E-state index contributed by atoms with van der Waals surface area (Å²) >= 11 is 0. The molecule has 3 nitrogen and oxygen atoms in total. The minimum absolute atomic E-state index is 0.194. The minimum atomic E-state index is -0.194. The van der Waals surface area contributed by atoms with Crippen LogP contribution in [0.3, 0.4) is 0 Å². The van der Waals surface area contributed by atoms with Crippen molar-refractivity contribution >= 4 is 0 Å². The number of hydrogen-bond acceptors (Lipinski definition) is 2. The van der Waals surface area contributed by atoms with Crippen molar-refractivity contribution in [1.29, 1.82) is 0 Å². The number of aromatic nitrogens is 2. The van der Waals surface area contributed by atoms with Crippen molar-refractivity contribution in [1.82, 2.24) is 9.78 Å². The molecule has 0 radical (unpaired) electrons. The Kier molecular flexibility index (Phi) is 3.29. The molecule has 1 rings (SSSR count). The van der Waals surface area contributed by atoms with Gasteiger partial charge in [0.1, 0.15) is 0 Å². The molecule has 0 saturated heterocycles. The fraction of sp³-hybridized carbons (Fsp3) is 0.667. The summed E-state index contributed by atoms with van der Waals surface area (Å²) in [6, 6.07) is 1.99. The van der Waals surface area contributed by atoms with Crippen LogP contribution < -0.4 is 0 Å². The van der Waals surface area contributed by atoms with E-state index in [-0.39, 0.29) is 6.10 Å². The van der Waals surface area contributed by atoms with Gasteiger partial charge < -0.3 is 5.11 Å². The fourth-order valence-corrected chi connectivity index (χ4v) is 1.17. The number of nitrogens with zero attached hydrogens (tertiary/aromatic N) is 2. The average molecular weight is 168 g/mol. The summed E-state index contributed by atoms with van der Waals surface area (Å²) in [5, 5.41) is 13.2. The molecule has 1 aromatic heterocycles. The van der Waals surface area contributed by atoms with Gasteiger partial charge in [0.15, 0.2) is 0 Å². The van der Waals surface area contributed by atoms with E-state index >= 15 is 0 Å². The van der Waals surface area contributed by atoms with Crippen LogP contribution in [0.2, 0.25) is 0 Å². The van der Waals surface area contributed by atoms with Crippen molar-refractivity contribution in [2.75, 3.05) is 0 Å². The van der Waals surface area contributed by atoms with Gasteiger partial charge >= 0.3 is 0 Å². The molecule has 1 unspecified atom stereocenters. The Morgan fingerprint density at radius 3 is 2.92 bits per heavy atom. The van der Waals surface area contributed by atoms with Crippen molar-refractivity contribution in [2.24, 2.45) is 0 Å². The summed E-state index contributed by atoms with van der Waals surface area (Å²) in [6.45, 7) is 4.76. The van der Waals surface area contributed by atoms with Gasteiger partial charge in [-0.15, -0.1) is 0 Å². The molecule has 1 atom stereocenters. The molecule has 0 fully saturated rings. The number of hydrogen-bond donors (Lipinski definition) is 1. The maximum absolute atomic E-state index is 9.02. The molecule has 0 bridgehead atoms. The molecule has 0 aliphatic heterocycles. The van der Waals surface area contributed by atoms with Crippen LogP contribution in [0.5, 0.6) is 0 Å². The predicted octanol–water partition coefficient (Wildman–Crippen LogP) is 1.35. The third-order valence-electron chi connectivity index (χ3n) is 1.92. The van der Waals surface area contributed by atoms with Gasteiger partial charge in [-0.25, -0.2) is 0 Å². The molecule has 0 saturated carbocycles. The SMILES string of the molecule is Cc1ccnn1CCCC(C)O. The molecule has 1 heterocycles. The average Bonchev–Trinajstić information content (AvgIpc) is 2.36. The van der Waals surface area contributed by atoms with Crippen LogP contribution >= 0.6 is 0 Å². The van der Waals surface area contributed by atoms with Gasteiger partial charge in [0.05, 0.1) is 6.10 Å². The molecule has 0 amide bonds.